The summed E-state index contributed by atoms with van der Waals surface area (Å²) in [5, 5.41) is 8.06. The summed E-state index contributed by atoms with van der Waals surface area (Å²) in [7, 11) is 1.81. The summed E-state index contributed by atoms with van der Waals surface area (Å²) in [6.45, 7) is 0.744. The molecule has 0 bridgehead atoms. The van der Waals surface area contributed by atoms with Crippen molar-refractivity contribution in [2.45, 2.75) is 25.7 Å². The summed E-state index contributed by atoms with van der Waals surface area (Å²) in [5.74, 6) is -0.0715. The minimum absolute atomic E-state index is 0.0715. The van der Waals surface area contributed by atoms with Gasteiger partial charge in [0.2, 0.25) is 0 Å². The summed E-state index contributed by atoms with van der Waals surface area (Å²) in [5.41, 5.74) is 0.750. The molecule has 1 fully saturated rings. The van der Waals surface area contributed by atoms with Crippen molar-refractivity contribution in [3.8, 4) is 0 Å². The van der Waals surface area contributed by atoms with Gasteiger partial charge in [-0.2, -0.15) is 5.10 Å². The van der Waals surface area contributed by atoms with Crippen LogP contribution >= 0.6 is 15.9 Å². The van der Waals surface area contributed by atoms with Gasteiger partial charge < -0.3 is 5.32 Å². The van der Waals surface area contributed by atoms with Gasteiger partial charge in [-0.1, -0.05) is 28.8 Å². The lowest BCUT2D eigenvalue weighted by Gasteiger charge is -2.26. The van der Waals surface area contributed by atoms with Crippen molar-refractivity contribution in [1.82, 2.24) is 15.1 Å². The Hall–Kier alpha value is -0.840. The number of aromatic nitrogens is 2. The van der Waals surface area contributed by atoms with Gasteiger partial charge in [-0.15, -0.1) is 0 Å². The molecule has 5 heteroatoms. The fourth-order valence-corrected chi connectivity index (χ4v) is 3.14. The van der Waals surface area contributed by atoms with Gasteiger partial charge in [0.1, 0.15) is 5.69 Å². The molecular weight excluding hydrogens is 282 g/mol. The fraction of sp³-hybridized carbons (Fsp3) is 0.667. The average molecular weight is 300 g/mol. The summed E-state index contributed by atoms with van der Waals surface area (Å²) in [6.07, 6.45) is 6.71. The Kier molecular flexibility index (Phi) is 3.86. The quantitative estimate of drug-likeness (QED) is 0.866. The minimum atomic E-state index is -0.0715. The topological polar surface area (TPSA) is 46.9 Å². The van der Waals surface area contributed by atoms with Gasteiger partial charge in [-0.3, -0.25) is 9.48 Å². The molecule has 1 aliphatic carbocycles. The first kappa shape index (κ1) is 12.6. The molecule has 1 N–H and O–H groups in total. The first-order valence-electron chi connectivity index (χ1n) is 5.99. The van der Waals surface area contributed by atoms with Crippen molar-refractivity contribution in [3.63, 3.8) is 0 Å². The van der Waals surface area contributed by atoms with Crippen LogP contribution in [0.1, 0.15) is 36.2 Å². The first-order valence-corrected chi connectivity index (χ1v) is 7.11. The zero-order chi connectivity index (χ0) is 12.3. The van der Waals surface area contributed by atoms with Gasteiger partial charge >= 0.3 is 0 Å². The number of aryl methyl sites for hydroxylation is 1. The predicted molar refractivity (Wildman–Crippen MR) is 70.2 cm³/mol. The van der Waals surface area contributed by atoms with Gasteiger partial charge in [0.25, 0.3) is 5.91 Å². The first-order chi connectivity index (χ1) is 8.15. The third-order valence-electron chi connectivity index (χ3n) is 3.52. The molecule has 0 radical (unpaired) electrons. The van der Waals surface area contributed by atoms with E-state index in [-0.39, 0.29) is 11.3 Å². The molecule has 2 rings (SSSR count). The van der Waals surface area contributed by atoms with Crippen molar-refractivity contribution in [2.75, 3.05) is 11.9 Å². The summed E-state index contributed by atoms with van der Waals surface area (Å²) in [6, 6.07) is 1.74. The second-order valence-electron chi connectivity index (χ2n) is 4.90. The number of halogens is 1. The third kappa shape index (κ3) is 2.89. The van der Waals surface area contributed by atoms with Crippen LogP contribution in [0.25, 0.3) is 0 Å². The molecule has 0 saturated heterocycles. The molecule has 1 heterocycles. The summed E-state index contributed by atoms with van der Waals surface area (Å²) in [4.78, 5) is 11.9. The van der Waals surface area contributed by atoms with Crippen molar-refractivity contribution in [1.29, 1.82) is 0 Å². The Morgan fingerprint density at radius 2 is 2.29 bits per heavy atom. The molecule has 1 saturated carbocycles. The number of amides is 1. The number of alkyl halides is 1. The van der Waals surface area contributed by atoms with E-state index in [1.54, 1.807) is 16.9 Å². The third-order valence-corrected chi connectivity index (χ3v) is 4.71. The fourth-order valence-electron chi connectivity index (χ4n) is 2.38. The highest BCUT2D eigenvalue weighted by atomic mass is 79.9. The second-order valence-corrected chi connectivity index (χ2v) is 5.46. The molecule has 1 aliphatic rings. The highest BCUT2D eigenvalue weighted by Crippen LogP contribution is 2.38. The van der Waals surface area contributed by atoms with Crippen molar-refractivity contribution in [3.05, 3.63) is 18.0 Å². The van der Waals surface area contributed by atoms with Crippen LogP contribution in [0.5, 0.6) is 0 Å². The molecule has 0 aromatic carbocycles. The molecule has 1 aromatic rings. The molecule has 0 unspecified atom stereocenters. The number of nitrogens with zero attached hydrogens (tertiary/aromatic N) is 2. The number of hydrogen-bond donors (Lipinski definition) is 1. The van der Waals surface area contributed by atoms with Crippen LogP contribution in [0.2, 0.25) is 0 Å². The van der Waals surface area contributed by atoms with Gasteiger partial charge in [0, 0.05) is 25.1 Å². The van der Waals surface area contributed by atoms with Crippen LogP contribution in [0.4, 0.5) is 0 Å². The smallest absolute Gasteiger partial charge is 0.271 e. The number of nitrogens with one attached hydrogen (secondary N) is 1. The SMILES string of the molecule is Cn1ccc(C(=O)NCC2(CBr)CCCC2)n1. The van der Waals surface area contributed by atoms with E-state index in [9.17, 15) is 4.79 Å². The molecule has 1 aromatic heterocycles. The van der Waals surface area contributed by atoms with E-state index in [4.69, 9.17) is 0 Å². The Morgan fingerprint density at radius 1 is 1.59 bits per heavy atom. The highest BCUT2D eigenvalue weighted by molar-refractivity contribution is 9.09. The molecule has 1 amide bonds. The van der Waals surface area contributed by atoms with Gasteiger partial charge in [-0.05, 0) is 24.3 Å². The maximum atomic E-state index is 11.9. The number of hydrogen-bond acceptors (Lipinski definition) is 2. The normalized spacial score (nSPS) is 18.2. The maximum absolute atomic E-state index is 11.9. The molecule has 17 heavy (non-hydrogen) atoms. The van der Waals surface area contributed by atoms with E-state index < -0.39 is 0 Å². The van der Waals surface area contributed by atoms with E-state index in [0.717, 1.165) is 11.9 Å². The van der Waals surface area contributed by atoms with Crippen molar-refractivity contribution >= 4 is 21.8 Å². The largest absolute Gasteiger partial charge is 0.350 e. The van der Waals surface area contributed by atoms with E-state index in [1.165, 1.54) is 25.7 Å². The van der Waals surface area contributed by atoms with Gasteiger partial charge in [-0.25, -0.2) is 0 Å². The highest BCUT2D eigenvalue weighted by Gasteiger charge is 2.33. The van der Waals surface area contributed by atoms with Crippen LogP contribution in [-0.4, -0.2) is 27.6 Å². The monoisotopic (exact) mass is 299 g/mol. The van der Waals surface area contributed by atoms with Crippen LogP contribution in [-0.2, 0) is 7.05 Å². The molecule has 4 nitrogen and oxygen atoms in total. The molecule has 0 aliphatic heterocycles. The van der Waals surface area contributed by atoms with Crippen molar-refractivity contribution < 1.29 is 4.79 Å². The Bertz CT molecular complexity index is 396. The van der Waals surface area contributed by atoms with E-state index in [2.05, 4.69) is 26.3 Å². The van der Waals surface area contributed by atoms with Crippen LogP contribution in [0.15, 0.2) is 12.3 Å². The number of rotatable bonds is 4. The van der Waals surface area contributed by atoms with Crippen LogP contribution in [0, 0.1) is 5.41 Å². The lowest BCUT2D eigenvalue weighted by Crippen LogP contribution is -2.37. The lowest BCUT2D eigenvalue weighted by molar-refractivity contribution is 0.0930. The maximum Gasteiger partial charge on any atom is 0.271 e. The van der Waals surface area contributed by atoms with Crippen molar-refractivity contribution in [2.24, 2.45) is 12.5 Å². The standard InChI is InChI=1S/C12H18BrN3O/c1-16-7-4-10(15-16)11(17)14-9-12(8-13)5-2-3-6-12/h4,7H,2-3,5-6,8-9H2,1H3,(H,14,17). The van der Waals surface area contributed by atoms with E-state index in [1.807, 2.05) is 7.05 Å². The molecule has 0 atom stereocenters. The predicted octanol–water partition coefficient (Wildman–Crippen LogP) is 2.11. The lowest BCUT2D eigenvalue weighted by atomic mass is 9.89. The second kappa shape index (κ2) is 5.21. The Morgan fingerprint density at radius 3 is 2.82 bits per heavy atom. The Balaban J connectivity index is 1.91. The molecule has 0 spiro atoms. The molecular formula is C12H18BrN3O. The zero-order valence-electron chi connectivity index (χ0n) is 10.1. The molecule has 94 valence electrons. The van der Waals surface area contributed by atoms with E-state index >= 15 is 0 Å². The van der Waals surface area contributed by atoms with E-state index in [0.29, 0.717) is 5.69 Å². The number of carbonyl (C=O) groups is 1. The summed E-state index contributed by atoms with van der Waals surface area (Å²) < 4.78 is 1.64. The summed E-state index contributed by atoms with van der Waals surface area (Å²) >= 11 is 3.57. The zero-order valence-corrected chi connectivity index (χ0v) is 11.7. The number of carbonyl (C=O) groups excluding carboxylic acids is 1. The van der Waals surface area contributed by atoms with Gasteiger partial charge in [0.05, 0.1) is 0 Å². The van der Waals surface area contributed by atoms with Crippen LogP contribution < -0.4 is 5.32 Å². The average Bonchev–Trinajstić information content (AvgIpc) is 2.95. The van der Waals surface area contributed by atoms with Gasteiger partial charge in [0.15, 0.2) is 0 Å². The van der Waals surface area contributed by atoms with Crippen LogP contribution in [0.3, 0.4) is 0 Å². The Labute approximate surface area is 110 Å². The minimum Gasteiger partial charge on any atom is -0.350 e.